The second-order valence-corrected chi connectivity index (χ2v) is 15.7. The highest BCUT2D eigenvalue weighted by molar-refractivity contribution is 7.94. The molecule has 1 heterocycles. The van der Waals surface area contributed by atoms with E-state index in [9.17, 15) is 35.1 Å². The Hall–Kier alpha value is -5.13. The molecule has 0 atom stereocenters. The fraction of sp³-hybridized carbons (Fsp3) is 0.250. The van der Waals surface area contributed by atoms with Crippen molar-refractivity contribution in [2.24, 2.45) is 20.5 Å². The van der Waals surface area contributed by atoms with Crippen LogP contribution in [0.4, 0.5) is 34.4 Å². The summed E-state index contributed by atoms with van der Waals surface area (Å²) in [6.45, 7) is 7.75. The van der Waals surface area contributed by atoms with Gasteiger partial charge in [-0.05, 0) is 49.7 Å². The zero-order valence-corrected chi connectivity index (χ0v) is 30.3. The number of nitrogens with one attached hydrogen (secondary N) is 2. The van der Waals surface area contributed by atoms with Crippen molar-refractivity contribution in [1.82, 2.24) is 4.98 Å². The summed E-state index contributed by atoms with van der Waals surface area (Å²) in [6.07, 6.45) is 2.52. The van der Waals surface area contributed by atoms with Gasteiger partial charge in [0.25, 0.3) is 20.2 Å². The molecule has 1 aromatic heterocycles. The lowest BCUT2D eigenvalue weighted by Crippen LogP contribution is -2.16. The van der Waals surface area contributed by atoms with Crippen molar-refractivity contribution in [3.8, 4) is 6.07 Å². The summed E-state index contributed by atoms with van der Waals surface area (Å²) >= 11 is 0. The Kier molecular flexibility index (Phi) is 14.0. The maximum Gasteiger partial charge on any atom is 0.294 e. The van der Waals surface area contributed by atoms with Crippen LogP contribution in [0.5, 0.6) is 0 Å². The molecule has 0 saturated heterocycles. The van der Waals surface area contributed by atoms with Gasteiger partial charge in [-0.25, -0.2) is 13.4 Å². The molecule has 4 aromatic rings. The average molecular weight is 757 g/mol. The molecule has 0 radical (unpaired) electrons. The van der Waals surface area contributed by atoms with Gasteiger partial charge in [0.2, 0.25) is 0 Å². The van der Waals surface area contributed by atoms with E-state index in [-0.39, 0.29) is 28.6 Å². The third-order valence-electron chi connectivity index (χ3n) is 6.83. The number of benzene rings is 3. The van der Waals surface area contributed by atoms with Gasteiger partial charge in [0, 0.05) is 34.8 Å². The van der Waals surface area contributed by atoms with Gasteiger partial charge in [-0.3, -0.25) is 9.11 Å². The number of anilines is 2. The smallest absolute Gasteiger partial charge is 0.294 e. The van der Waals surface area contributed by atoms with Crippen LogP contribution in [0.1, 0.15) is 30.9 Å². The van der Waals surface area contributed by atoms with Crippen molar-refractivity contribution in [1.29, 1.82) is 5.26 Å². The zero-order chi connectivity index (χ0) is 37.8. The summed E-state index contributed by atoms with van der Waals surface area (Å²) in [6, 6.07) is 18.3. The van der Waals surface area contributed by atoms with Crippen LogP contribution in [0.25, 0.3) is 10.8 Å². The highest BCUT2D eigenvalue weighted by Crippen LogP contribution is 2.38. The van der Waals surface area contributed by atoms with Crippen molar-refractivity contribution in [2.75, 3.05) is 35.7 Å². The number of azo groups is 2. The molecule has 51 heavy (non-hydrogen) atoms. The molecule has 0 aliphatic rings. The number of hydrogen-bond acceptors (Lipinski definition) is 14. The molecule has 16 nitrogen and oxygen atoms in total. The molecule has 270 valence electrons. The minimum Gasteiger partial charge on any atom is -0.368 e. The first-order valence-electron chi connectivity index (χ1n) is 15.1. The van der Waals surface area contributed by atoms with Crippen LogP contribution < -0.4 is 10.6 Å². The Bertz CT molecular complexity index is 2310. The van der Waals surface area contributed by atoms with E-state index in [1.165, 1.54) is 24.3 Å². The van der Waals surface area contributed by atoms with E-state index in [2.05, 4.69) is 55.6 Å². The molecule has 19 heteroatoms. The van der Waals surface area contributed by atoms with Gasteiger partial charge in [0.05, 0.1) is 39.5 Å². The van der Waals surface area contributed by atoms with Gasteiger partial charge < -0.3 is 10.6 Å². The van der Waals surface area contributed by atoms with E-state index >= 15 is 0 Å². The lowest BCUT2D eigenvalue weighted by molar-refractivity contribution is 0.482. The first-order chi connectivity index (χ1) is 24.0. The molecule has 0 unspecified atom stereocenters. The number of aromatic nitrogens is 1. The first-order valence-corrected chi connectivity index (χ1v) is 20.1. The van der Waals surface area contributed by atoms with Crippen LogP contribution in [0.2, 0.25) is 0 Å². The normalized spacial score (nSPS) is 12.0. The molecular weight excluding hydrogens is 721 g/mol. The zero-order valence-electron chi connectivity index (χ0n) is 27.8. The number of nitrogens with zero attached hydrogens (tertiary/aromatic N) is 6. The van der Waals surface area contributed by atoms with Crippen LogP contribution in [-0.2, 0) is 30.1 Å². The maximum absolute atomic E-state index is 11.9. The van der Waals surface area contributed by atoms with Crippen LogP contribution in [0.15, 0.2) is 98.0 Å². The topological polar surface area (TPSA) is 253 Å². The minimum absolute atomic E-state index is 0.0380. The summed E-state index contributed by atoms with van der Waals surface area (Å²) in [4.78, 5) is 4.35. The fourth-order valence-corrected chi connectivity index (χ4v) is 5.36. The molecular formula is C32H36N8O8S3. The lowest BCUT2D eigenvalue weighted by atomic mass is 10.1. The molecule has 0 aliphatic carbocycles. The predicted molar refractivity (Wildman–Crippen MR) is 196 cm³/mol. The van der Waals surface area contributed by atoms with Gasteiger partial charge in [0.15, 0.2) is 15.7 Å². The summed E-state index contributed by atoms with van der Waals surface area (Å²) in [5, 5.41) is 36.1. The molecule has 0 fully saturated rings. The van der Waals surface area contributed by atoms with Crippen molar-refractivity contribution in [2.45, 2.75) is 31.6 Å². The van der Waals surface area contributed by atoms with E-state index < -0.39 is 30.1 Å². The largest absolute Gasteiger partial charge is 0.368 e. The summed E-state index contributed by atoms with van der Waals surface area (Å²) in [5.74, 6) is 0.438. The van der Waals surface area contributed by atoms with Gasteiger partial charge in [-0.1, -0.05) is 44.2 Å². The van der Waals surface area contributed by atoms with Crippen molar-refractivity contribution < 1.29 is 34.4 Å². The average Bonchev–Trinajstić information content (AvgIpc) is 3.06. The monoisotopic (exact) mass is 756 g/mol. The highest BCUT2D eigenvalue weighted by atomic mass is 32.2. The summed E-state index contributed by atoms with van der Waals surface area (Å²) in [5.41, 5.74) is 2.56. The number of unbranched alkanes of at least 4 members (excludes halogenated alkanes) is 1. The molecule has 3 aromatic carbocycles. The standard InChI is InChI=1S/C31H32N8O5S2.CH4O3S/c1-4-6-17-33-31-29(21(3)26(20-32)30(35-31)34-18-19-45(40,41)5-2)39-38-28-16-15-27(24-9-7-8-10-25(24)28)37-36-22-11-13-23(14-12-22)46(42,43)44;1-5(2,3)4/h5,7-16H,2,4,6,17-19H2,1,3H3,(H2,33,34,35)(H,42,43,44);1H3,(H,2,3,4). The highest BCUT2D eigenvalue weighted by Gasteiger charge is 2.18. The molecule has 0 saturated carbocycles. The van der Waals surface area contributed by atoms with Crippen molar-refractivity contribution in [3.63, 3.8) is 0 Å². The Balaban J connectivity index is 0.00000131. The molecule has 4 N–H and O–H groups in total. The molecule has 0 amide bonds. The minimum atomic E-state index is -4.31. The second kappa shape index (κ2) is 17.7. The van der Waals surface area contributed by atoms with Crippen LogP contribution in [0, 0.1) is 18.3 Å². The Morgan fingerprint density at radius 2 is 1.39 bits per heavy atom. The second-order valence-electron chi connectivity index (χ2n) is 10.8. The lowest BCUT2D eigenvalue weighted by Gasteiger charge is -2.15. The van der Waals surface area contributed by atoms with E-state index in [1.54, 1.807) is 19.1 Å². The van der Waals surface area contributed by atoms with Gasteiger partial charge in [0.1, 0.15) is 17.6 Å². The number of fused-ring (bicyclic) bond motifs is 1. The third-order valence-corrected chi connectivity index (χ3v) is 8.97. The Morgan fingerprint density at radius 3 is 1.90 bits per heavy atom. The van der Waals surface area contributed by atoms with Gasteiger partial charge >= 0.3 is 0 Å². The Morgan fingerprint density at radius 1 is 0.843 bits per heavy atom. The fourth-order valence-electron chi connectivity index (χ4n) is 4.33. The maximum atomic E-state index is 11.9. The Labute approximate surface area is 296 Å². The molecule has 0 bridgehead atoms. The number of hydrogen-bond donors (Lipinski definition) is 4. The van der Waals surface area contributed by atoms with Crippen LogP contribution in [-0.4, -0.2) is 64.4 Å². The predicted octanol–water partition coefficient (Wildman–Crippen LogP) is 7.18. The van der Waals surface area contributed by atoms with E-state index in [0.717, 1.165) is 29.0 Å². The van der Waals surface area contributed by atoms with Crippen LogP contribution >= 0.6 is 0 Å². The van der Waals surface area contributed by atoms with Gasteiger partial charge in [-0.15, -0.1) is 15.3 Å². The molecule has 4 rings (SSSR count). The van der Waals surface area contributed by atoms with E-state index in [4.69, 9.17) is 4.55 Å². The summed E-state index contributed by atoms with van der Waals surface area (Å²) in [7, 11) is -11.4. The quantitative estimate of drug-likeness (QED) is 0.0567. The van der Waals surface area contributed by atoms with Crippen LogP contribution in [0.3, 0.4) is 0 Å². The number of nitriles is 1. The number of pyridine rings is 1. The molecule has 0 aliphatic heterocycles. The summed E-state index contributed by atoms with van der Waals surface area (Å²) < 4.78 is 81.4. The van der Waals surface area contributed by atoms with E-state index in [0.29, 0.717) is 46.9 Å². The molecule has 0 spiro atoms. The van der Waals surface area contributed by atoms with Crippen molar-refractivity contribution in [3.05, 3.63) is 83.8 Å². The third kappa shape index (κ3) is 12.3. The van der Waals surface area contributed by atoms with Crippen molar-refractivity contribution >= 4 is 75.2 Å². The number of rotatable bonds is 14. The SMILES string of the molecule is C=CS(=O)(=O)CCNc1nc(NCCCC)c(N=Nc2ccc(N=Nc3ccc(S(=O)(=O)O)cc3)c3ccccc23)c(C)c1C#N.CS(=O)(=O)O. The first kappa shape index (κ1) is 40.3. The van der Waals surface area contributed by atoms with Gasteiger partial charge in [-0.2, -0.15) is 27.2 Å². The van der Waals surface area contributed by atoms with E-state index in [1.807, 2.05) is 24.3 Å². The number of sulfone groups is 1.